The van der Waals surface area contributed by atoms with Crippen LogP contribution < -0.4 is 14.2 Å². The van der Waals surface area contributed by atoms with Crippen LogP contribution in [-0.4, -0.2) is 68.6 Å². The first-order valence-electron chi connectivity index (χ1n) is 10.8. The van der Waals surface area contributed by atoms with Gasteiger partial charge in [0, 0.05) is 42.6 Å². The van der Waals surface area contributed by atoms with E-state index < -0.39 is 0 Å². The number of benzene rings is 2. The van der Waals surface area contributed by atoms with Crippen molar-refractivity contribution in [3.63, 3.8) is 0 Å². The SMILES string of the molecule is COc1ccc(C(=O)N2CCCN(C(=O)CCCOc3ccc(Br)cc3Cl)CC2)cc1OC. The molecule has 0 radical (unpaired) electrons. The Kier molecular flexibility index (Phi) is 9.26. The number of halogens is 2. The highest BCUT2D eigenvalue weighted by Gasteiger charge is 2.23. The standard InChI is InChI=1S/C24H28BrClN2O5/c1-31-21-8-6-17(15-22(21)32-2)24(30)28-11-4-10-27(12-13-28)23(29)5-3-14-33-20-9-7-18(25)16-19(20)26/h6-9,15-16H,3-5,10-14H2,1-2H3. The molecule has 0 atom stereocenters. The molecule has 9 heteroatoms. The van der Waals surface area contributed by atoms with E-state index in [2.05, 4.69) is 15.9 Å². The van der Waals surface area contributed by atoms with Gasteiger partial charge in [0.05, 0.1) is 25.8 Å². The van der Waals surface area contributed by atoms with Crippen LogP contribution >= 0.6 is 27.5 Å². The molecule has 0 aromatic heterocycles. The molecule has 0 aliphatic carbocycles. The molecule has 1 heterocycles. The zero-order valence-corrected chi connectivity index (χ0v) is 21.2. The second-order valence-corrected chi connectivity index (χ2v) is 8.95. The first kappa shape index (κ1) is 25.2. The van der Waals surface area contributed by atoms with Gasteiger partial charge in [-0.3, -0.25) is 9.59 Å². The Hall–Kier alpha value is -2.45. The Morgan fingerprint density at radius 2 is 1.64 bits per heavy atom. The zero-order valence-electron chi connectivity index (χ0n) is 18.8. The molecule has 0 N–H and O–H groups in total. The van der Waals surface area contributed by atoms with Crippen molar-refractivity contribution in [1.29, 1.82) is 0 Å². The lowest BCUT2D eigenvalue weighted by molar-refractivity contribution is -0.131. The van der Waals surface area contributed by atoms with Crippen molar-refractivity contribution in [3.8, 4) is 17.2 Å². The first-order chi connectivity index (χ1) is 15.9. The van der Waals surface area contributed by atoms with E-state index in [4.69, 9.17) is 25.8 Å². The predicted octanol–water partition coefficient (Wildman–Crippen LogP) is 4.65. The van der Waals surface area contributed by atoms with Crippen molar-refractivity contribution in [2.45, 2.75) is 19.3 Å². The van der Waals surface area contributed by atoms with E-state index in [0.717, 1.165) is 10.9 Å². The topological polar surface area (TPSA) is 68.3 Å². The first-order valence-corrected chi connectivity index (χ1v) is 12.0. The van der Waals surface area contributed by atoms with Gasteiger partial charge in [0.25, 0.3) is 5.91 Å². The fourth-order valence-electron chi connectivity index (χ4n) is 3.68. The molecule has 0 unspecified atom stereocenters. The monoisotopic (exact) mass is 538 g/mol. The number of rotatable bonds is 8. The molecule has 0 bridgehead atoms. The minimum Gasteiger partial charge on any atom is -0.493 e. The van der Waals surface area contributed by atoms with E-state index in [1.54, 1.807) is 49.5 Å². The smallest absolute Gasteiger partial charge is 0.254 e. The van der Waals surface area contributed by atoms with Gasteiger partial charge in [-0.15, -0.1) is 0 Å². The summed E-state index contributed by atoms with van der Waals surface area (Å²) in [5, 5.41) is 0.530. The third-order valence-corrected chi connectivity index (χ3v) is 6.24. The molecule has 33 heavy (non-hydrogen) atoms. The second-order valence-electron chi connectivity index (χ2n) is 7.62. The molecule has 2 amide bonds. The minimum atomic E-state index is -0.0787. The third-order valence-electron chi connectivity index (χ3n) is 5.45. The van der Waals surface area contributed by atoms with E-state index in [1.165, 1.54) is 0 Å². The van der Waals surface area contributed by atoms with Crippen LogP contribution in [0.25, 0.3) is 0 Å². The fraction of sp³-hybridized carbons (Fsp3) is 0.417. The average molecular weight is 540 g/mol. The van der Waals surface area contributed by atoms with Crippen LogP contribution in [-0.2, 0) is 4.79 Å². The molecule has 0 spiro atoms. The Balaban J connectivity index is 1.48. The van der Waals surface area contributed by atoms with Crippen LogP contribution in [0.15, 0.2) is 40.9 Å². The van der Waals surface area contributed by atoms with E-state index in [1.807, 2.05) is 11.0 Å². The van der Waals surface area contributed by atoms with Gasteiger partial charge in [0.2, 0.25) is 5.91 Å². The summed E-state index contributed by atoms with van der Waals surface area (Å²) in [6, 6.07) is 10.6. The van der Waals surface area contributed by atoms with Crippen molar-refractivity contribution < 1.29 is 23.8 Å². The van der Waals surface area contributed by atoms with Crippen LogP contribution in [0.5, 0.6) is 17.2 Å². The highest BCUT2D eigenvalue weighted by Crippen LogP contribution is 2.29. The third kappa shape index (κ3) is 6.77. The molecule has 3 rings (SSSR count). The number of hydrogen-bond acceptors (Lipinski definition) is 5. The Labute approximate surface area is 207 Å². The summed E-state index contributed by atoms with van der Waals surface area (Å²) in [5.74, 6) is 1.69. The number of ether oxygens (including phenoxy) is 3. The Morgan fingerprint density at radius 3 is 2.36 bits per heavy atom. The van der Waals surface area contributed by atoms with E-state index >= 15 is 0 Å². The molecular weight excluding hydrogens is 512 g/mol. The van der Waals surface area contributed by atoms with Gasteiger partial charge in [-0.2, -0.15) is 0 Å². The van der Waals surface area contributed by atoms with Crippen LogP contribution in [0.1, 0.15) is 29.6 Å². The summed E-state index contributed by atoms with van der Waals surface area (Å²) in [6.45, 7) is 2.64. The van der Waals surface area contributed by atoms with Crippen molar-refractivity contribution in [1.82, 2.24) is 9.80 Å². The highest BCUT2D eigenvalue weighted by molar-refractivity contribution is 9.10. The number of methoxy groups -OCH3 is 2. The van der Waals surface area contributed by atoms with Gasteiger partial charge in [0.1, 0.15) is 5.75 Å². The van der Waals surface area contributed by atoms with Crippen molar-refractivity contribution in [2.75, 3.05) is 47.0 Å². The van der Waals surface area contributed by atoms with E-state index in [9.17, 15) is 9.59 Å². The summed E-state index contributed by atoms with van der Waals surface area (Å²) in [5.41, 5.74) is 0.538. The van der Waals surface area contributed by atoms with Crippen molar-refractivity contribution >= 4 is 39.3 Å². The van der Waals surface area contributed by atoms with E-state index in [-0.39, 0.29) is 11.8 Å². The molecule has 7 nitrogen and oxygen atoms in total. The lowest BCUT2D eigenvalue weighted by atomic mass is 10.1. The molecule has 1 fully saturated rings. The lowest BCUT2D eigenvalue weighted by Gasteiger charge is -2.22. The average Bonchev–Trinajstić information content (AvgIpc) is 3.08. The maximum Gasteiger partial charge on any atom is 0.254 e. The second kappa shape index (κ2) is 12.1. The molecular formula is C24H28BrClN2O5. The number of amides is 2. The van der Waals surface area contributed by atoms with Gasteiger partial charge in [-0.1, -0.05) is 27.5 Å². The molecule has 2 aromatic rings. The Morgan fingerprint density at radius 1 is 0.939 bits per heavy atom. The normalized spacial score (nSPS) is 13.9. The summed E-state index contributed by atoms with van der Waals surface area (Å²) >= 11 is 9.51. The van der Waals surface area contributed by atoms with Crippen molar-refractivity contribution in [3.05, 3.63) is 51.5 Å². The molecule has 178 valence electrons. The lowest BCUT2D eigenvalue weighted by Crippen LogP contribution is -2.37. The van der Waals surface area contributed by atoms with Gasteiger partial charge in [0.15, 0.2) is 11.5 Å². The van der Waals surface area contributed by atoms with Gasteiger partial charge in [-0.25, -0.2) is 0 Å². The van der Waals surface area contributed by atoms with Crippen LogP contribution in [0, 0.1) is 0 Å². The maximum atomic E-state index is 13.0. The largest absolute Gasteiger partial charge is 0.493 e. The van der Waals surface area contributed by atoms with Gasteiger partial charge < -0.3 is 24.0 Å². The molecule has 2 aromatic carbocycles. The van der Waals surface area contributed by atoms with Crippen molar-refractivity contribution in [2.24, 2.45) is 0 Å². The zero-order chi connectivity index (χ0) is 23.8. The van der Waals surface area contributed by atoms with Crippen LogP contribution in [0.2, 0.25) is 5.02 Å². The number of hydrogen-bond donors (Lipinski definition) is 0. The maximum absolute atomic E-state index is 13.0. The Bertz CT molecular complexity index is 987. The predicted molar refractivity (Wildman–Crippen MR) is 131 cm³/mol. The molecule has 1 aliphatic heterocycles. The molecule has 1 saturated heterocycles. The molecule has 0 saturated carbocycles. The van der Waals surface area contributed by atoms with Crippen LogP contribution in [0.3, 0.4) is 0 Å². The number of carbonyl (C=O) groups is 2. The fourth-order valence-corrected chi connectivity index (χ4v) is 4.41. The minimum absolute atomic E-state index is 0.0703. The number of nitrogens with zero attached hydrogens (tertiary/aromatic N) is 2. The van der Waals surface area contributed by atoms with Crippen LogP contribution in [0.4, 0.5) is 0 Å². The summed E-state index contributed by atoms with van der Waals surface area (Å²) < 4.78 is 17.1. The highest BCUT2D eigenvalue weighted by atomic mass is 79.9. The molecule has 1 aliphatic rings. The van der Waals surface area contributed by atoms with Gasteiger partial charge in [-0.05, 0) is 49.2 Å². The quantitative estimate of drug-likeness (QED) is 0.457. The summed E-state index contributed by atoms with van der Waals surface area (Å²) in [4.78, 5) is 29.3. The van der Waals surface area contributed by atoms with Gasteiger partial charge >= 0.3 is 0 Å². The summed E-state index contributed by atoms with van der Waals surface area (Å²) in [7, 11) is 3.10. The van der Waals surface area contributed by atoms with E-state index in [0.29, 0.717) is 73.5 Å². The summed E-state index contributed by atoms with van der Waals surface area (Å²) in [6.07, 6.45) is 1.71. The number of carbonyl (C=O) groups excluding carboxylic acids is 2.